The monoisotopic (exact) mass is 385 g/mol. The molecule has 2 heterocycles. The lowest BCUT2D eigenvalue weighted by molar-refractivity contribution is -0.114. The summed E-state index contributed by atoms with van der Waals surface area (Å²) in [6.07, 6.45) is 0. The molecule has 0 unspecified atom stereocenters. The fourth-order valence-electron chi connectivity index (χ4n) is 3.13. The molecule has 6 nitrogen and oxygen atoms in total. The summed E-state index contributed by atoms with van der Waals surface area (Å²) in [6.45, 7) is 8.95. The molecule has 1 aliphatic heterocycles. The van der Waals surface area contributed by atoms with Gasteiger partial charge in [0.2, 0.25) is 5.91 Å². The zero-order valence-corrected chi connectivity index (χ0v) is 16.8. The second kappa shape index (κ2) is 9.41. The third kappa shape index (κ3) is 5.47. The third-order valence-corrected chi connectivity index (χ3v) is 5.32. The van der Waals surface area contributed by atoms with Crippen LogP contribution in [0.25, 0.3) is 0 Å². The smallest absolute Gasteiger partial charge is 0.221 e. The molecule has 1 aromatic carbocycles. The van der Waals surface area contributed by atoms with Gasteiger partial charge in [-0.3, -0.25) is 4.79 Å². The number of anilines is 2. The standard InChI is InChI=1S/C20H27N5OS/c1-3-21-20(22-15-17-6-4-7-18(14-17)23-16(2)26)25-11-9-24(10-12-25)19-8-5-13-27-19/h4-8,13-14H,3,9-12,15H2,1-2H3,(H,21,22)(H,23,26). The normalized spacial score (nSPS) is 15.0. The van der Waals surface area contributed by atoms with Gasteiger partial charge in [0.15, 0.2) is 5.96 Å². The van der Waals surface area contributed by atoms with Crippen molar-refractivity contribution in [1.82, 2.24) is 10.2 Å². The number of hydrogen-bond acceptors (Lipinski definition) is 4. The molecule has 1 aliphatic rings. The summed E-state index contributed by atoms with van der Waals surface area (Å²) in [5.41, 5.74) is 1.89. The SMILES string of the molecule is CCNC(=NCc1cccc(NC(C)=O)c1)N1CCN(c2cccs2)CC1. The first-order valence-corrected chi connectivity index (χ1v) is 10.2. The molecule has 0 bridgehead atoms. The van der Waals surface area contributed by atoms with Crippen LogP contribution in [-0.4, -0.2) is 49.5 Å². The molecule has 1 saturated heterocycles. The molecule has 1 fully saturated rings. The Morgan fingerprint density at radius 3 is 2.67 bits per heavy atom. The van der Waals surface area contributed by atoms with Crippen molar-refractivity contribution in [3.8, 4) is 0 Å². The van der Waals surface area contributed by atoms with Crippen LogP contribution in [0.15, 0.2) is 46.8 Å². The molecule has 2 aromatic rings. The number of benzene rings is 1. The highest BCUT2D eigenvalue weighted by molar-refractivity contribution is 7.14. The summed E-state index contributed by atoms with van der Waals surface area (Å²) < 4.78 is 0. The van der Waals surface area contributed by atoms with Gasteiger partial charge >= 0.3 is 0 Å². The zero-order valence-electron chi connectivity index (χ0n) is 15.9. The number of piperazine rings is 1. The van der Waals surface area contributed by atoms with E-state index in [0.29, 0.717) is 6.54 Å². The van der Waals surface area contributed by atoms with E-state index in [-0.39, 0.29) is 5.91 Å². The van der Waals surface area contributed by atoms with E-state index in [9.17, 15) is 4.79 Å². The maximum atomic E-state index is 11.2. The molecular formula is C20H27N5OS. The van der Waals surface area contributed by atoms with Crippen molar-refractivity contribution in [2.45, 2.75) is 20.4 Å². The predicted molar refractivity (Wildman–Crippen MR) is 114 cm³/mol. The van der Waals surface area contributed by atoms with E-state index in [4.69, 9.17) is 4.99 Å². The number of amides is 1. The van der Waals surface area contributed by atoms with Crippen molar-refractivity contribution >= 4 is 33.9 Å². The molecule has 2 N–H and O–H groups in total. The first kappa shape index (κ1) is 19.2. The summed E-state index contributed by atoms with van der Waals surface area (Å²) in [5.74, 6) is 0.890. The Labute approximate surface area is 164 Å². The Morgan fingerprint density at radius 1 is 1.19 bits per heavy atom. The van der Waals surface area contributed by atoms with Crippen LogP contribution < -0.4 is 15.5 Å². The highest BCUT2D eigenvalue weighted by Gasteiger charge is 2.20. The number of nitrogens with one attached hydrogen (secondary N) is 2. The minimum Gasteiger partial charge on any atom is -0.360 e. The maximum Gasteiger partial charge on any atom is 0.221 e. The summed E-state index contributed by atoms with van der Waals surface area (Å²) in [4.78, 5) is 20.8. The van der Waals surface area contributed by atoms with Gasteiger partial charge in [-0.1, -0.05) is 12.1 Å². The first-order chi connectivity index (χ1) is 13.2. The number of aliphatic imine (C=N–C) groups is 1. The summed E-state index contributed by atoms with van der Waals surface area (Å²) >= 11 is 1.79. The van der Waals surface area contributed by atoms with Crippen molar-refractivity contribution < 1.29 is 4.79 Å². The number of guanidine groups is 1. The first-order valence-electron chi connectivity index (χ1n) is 9.34. The van der Waals surface area contributed by atoms with Gasteiger partial charge in [0.25, 0.3) is 0 Å². The second-order valence-corrected chi connectivity index (χ2v) is 7.40. The van der Waals surface area contributed by atoms with Crippen molar-refractivity contribution in [2.75, 3.05) is 42.9 Å². The Kier molecular flexibility index (Phi) is 6.70. The molecule has 1 amide bonds. The van der Waals surface area contributed by atoms with Crippen LogP contribution in [0.2, 0.25) is 0 Å². The van der Waals surface area contributed by atoms with Crippen molar-refractivity contribution in [3.63, 3.8) is 0 Å². The van der Waals surface area contributed by atoms with Crippen LogP contribution in [-0.2, 0) is 11.3 Å². The van der Waals surface area contributed by atoms with Gasteiger partial charge in [0.1, 0.15) is 0 Å². The van der Waals surface area contributed by atoms with E-state index in [2.05, 4.69) is 44.9 Å². The number of carbonyl (C=O) groups excluding carboxylic acids is 1. The topological polar surface area (TPSA) is 60.0 Å². The van der Waals surface area contributed by atoms with Gasteiger partial charge in [-0.2, -0.15) is 0 Å². The van der Waals surface area contributed by atoms with Gasteiger partial charge in [0, 0.05) is 45.3 Å². The number of thiophene rings is 1. The van der Waals surface area contributed by atoms with E-state index < -0.39 is 0 Å². The fourth-order valence-corrected chi connectivity index (χ4v) is 3.92. The highest BCUT2D eigenvalue weighted by atomic mass is 32.1. The number of nitrogens with zero attached hydrogens (tertiary/aromatic N) is 3. The Balaban J connectivity index is 1.62. The van der Waals surface area contributed by atoms with Gasteiger partial charge < -0.3 is 20.4 Å². The second-order valence-electron chi connectivity index (χ2n) is 6.48. The van der Waals surface area contributed by atoms with Crippen LogP contribution in [0.1, 0.15) is 19.4 Å². The molecule has 27 heavy (non-hydrogen) atoms. The molecule has 0 aliphatic carbocycles. The van der Waals surface area contributed by atoms with Crippen LogP contribution in [0.4, 0.5) is 10.7 Å². The molecule has 0 atom stereocenters. The molecule has 0 saturated carbocycles. The van der Waals surface area contributed by atoms with Crippen LogP contribution in [0, 0.1) is 0 Å². The van der Waals surface area contributed by atoms with E-state index in [1.807, 2.05) is 24.3 Å². The molecule has 144 valence electrons. The Hall–Kier alpha value is -2.54. The lowest BCUT2D eigenvalue weighted by Gasteiger charge is -2.37. The Bertz CT molecular complexity index is 766. The van der Waals surface area contributed by atoms with Crippen molar-refractivity contribution in [1.29, 1.82) is 0 Å². The summed E-state index contributed by atoms with van der Waals surface area (Å²) in [6, 6.07) is 12.1. The number of hydrogen-bond donors (Lipinski definition) is 2. The Morgan fingerprint density at radius 2 is 2.00 bits per heavy atom. The summed E-state index contributed by atoms with van der Waals surface area (Å²) in [5, 5.41) is 9.70. The predicted octanol–water partition coefficient (Wildman–Crippen LogP) is 2.99. The lowest BCUT2D eigenvalue weighted by atomic mass is 10.2. The van der Waals surface area contributed by atoms with Gasteiger partial charge in [-0.15, -0.1) is 11.3 Å². The maximum absolute atomic E-state index is 11.2. The molecule has 0 spiro atoms. The lowest BCUT2D eigenvalue weighted by Crippen LogP contribution is -2.52. The van der Waals surface area contributed by atoms with E-state index in [0.717, 1.165) is 49.9 Å². The quantitative estimate of drug-likeness (QED) is 0.614. The fraction of sp³-hybridized carbons (Fsp3) is 0.400. The molecule has 0 radical (unpaired) electrons. The molecule has 7 heteroatoms. The third-order valence-electron chi connectivity index (χ3n) is 4.39. The molecule has 3 rings (SSSR count). The minimum atomic E-state index is -0.0624. The average molecular weight is 386 g/mol. The van der Waals surface area contributed by atoms with Gasteiger partial charge in [-0.05, 0) is 42.1 Å². The minimum absolute atomic E-state index is 0.0624. The molecular weight excluding hydrogens is 358 g/mol. The van der Waals surface area contributed by atoms with E-state index >= 15 is 0 Å². The van der Waals surface area contributed by atoms with Gasteiger partial charge in [0.05, 0.1) is 11.5 Å². The van der Waals surface area contributed by atoms with Crippen LogP contribution in [0.5, 0.6) is 0 Å². The zero-order chi connectivity index (χ0) is 19.1. The number of carbonyl (C=O) groups is 1. The number of rotatable bonds is 5. The van der Waals surface area contributed by atoms with Crippen LogP contribution in [0.3, 0.4) is 0 Å². The summed E-state index contributed by atoms with van der Waals surface area (Å²) in [7, 11) is 0. The van der Waals surface area contributed by atoms with E-state index in [1.54, 1.807) is 11.3 Å². The van der Waals surface area contributed by atoms with Crippen LogP contribution >= 0.6 is 11.3 Å². The highest BCUT2D eigenvalue weighted by Crippen LogP contribution is 2.22. The van der Waals surface area contributed by atoms with Gasteiger partial charge in [-0.25, -0.2) is 4.99 Å². The van der Waals surface area contributed by atoms with Crippen molar-refractivity contribution in [3.05, 3.63) is 47.3 Å². The average Bonchev–Trinajstić information content (AvgIpc) is 3.20. The van der Waals surface area contributed by atoms with E-state index in [1.165, 1.54) is 11.9 Å². The van der Waals surface area contributed by atoms with Crippen molar-refractivity contribution in [2.24, 2.45) is 4.99 Å². The molecule has 1 aromatic heterocycles. The largest absolute Gasteiger partial charge is 0.360 e.